The van der Waals surface area contributed by atoms with Gasteiger partial charge in [-0.1, -0.05) is 0 Å². The number of ether oxygens (including phenoxy) is 3. The molecule has 4 N–H and O–H groups in total. The number of rotatable bonds is 5. The highest BCUT2D eigenvalue weighted by Gasteiger charge is 2.19. The van der Waals surface area contributed by atoms with Crippen LogP contribution < -0.4 is 25.7 Å². The summed E-state index contributed by atoms with van der Waals surface area (Å²) in [7, 11) is 4.74. The fraction of sp³-hybridized carbons (Fsp3) is 0.286. The molecule has 22 heavy (non-hydrogen) atoms. The quantitative estimate of drug-likeness (QED) is 0.717. The van der Waals surface area contributed by atoms with Crippen molar-refractivity contribution < 1.29 is 14.2 Å². The number of nitrogens with two attached hydrogens (primary N) is 2. The second kappa shape index (κ2) is 6.86. The molecule has 0 saturated heterocycles. The molecule has 0 unspecified atom stereocenters. The third-order valence-corrected chi connectivity index (χ3v) is 4.33. The van der Waals surface area contributed by atoms with Gasteiger partial charge in [-0.2, -0.15) is 4.98 Å². The Morgan fingerprint density at radius 3 is 2.27 bits per heavy atom. The van der Waals surface area contributed by atoms with Gasteiger partial charge in [0.2, 0.25) is 11.7 Å². The molecule has 0 bridgehead atoms. The molecular formula is C14H17IN4O3. The van der Waals surface area contributed by atoms with Crippen molar-refractivity contribution in [3.05, 3.63) is 27.0 Å². The summed E-state index contributed by atoms with van der Waals surface area (Å²) in [6, 6.07) is 1.89. The largest absolute Gasteiger partial charge is 0.493 e. The van der Waals surface area contributed by atoms with Crippen LogP contribution in [-0.4, -0.2) is 31.3 Å². The van der Waals surface area contributed by atoms with E-state index in [9.17, 15) is 0 Å². The Hall–Kier alpha value is -1.97. The first-order valence-corrected chi connectivity index (χ1v) is 7.43. The van der Waals surface area contributed by atoms with Crippen LogP contribution in [0.3, 0.4) is 0 Å². The van der Waals surface area contributed by atoms with E-state index in [0.717, 1.165) is 14.7 Å². The number of nitrogen functional groups attached to an aromatic ring is 2. The Bertz CT molecular complexity index is 694. The van der Waals surface area contributed by atoms with Gasteiger partial charge in [0.15, 0.2) is 11.5 Å². The summed E-state index contributed by atoms with van der Waals surface area (Å²) >= 11 is 2.20. The zero-order valence-corrected chi connectivity index (χ0v) is 14.7. The Morgan fingerprint density at radius 2 is 1.73 bits per heavy atom. The van der Waals surface area contributed by atoms with Crippen molar-refractivity contribution in [3.63, 3.8) is 0 Å². The van der Waals surface area contributed by atoms with E-state index in [2.05, 4.69) is 32.6 Å². The van der Waals surface area contributed by atoms with Crippen LogP contribution in [0.25, 0.3) is 0 Å². The number of hydrogen-bond acceptors (Lipinski definition) is 7. The minimum absolute atomic E-state index is 0.154. The van der Waals surface area contributed by atoms with Gasteiger partial charge in [0.05, 0.1) is 24.9 Å². The van der Waals surface area contributed by atoms with Crippen molar-refractivity contribution in [2.45, 2.75) is 6.42 Å². The van der Waals surface area contributed by atoms with E-state index in [0.29, 0.717) is 29.5 Å². The third kappa shape index (κ3) is 3.11. The molecule has 0 saturated carbocycles. The molecule has 1 heterocycles. The van der Waals surface area contributed by atoms with Gasteiger partial charge in [0.25, 0.3) is 0 Å². The average Bonchev–Trinajstić information content (AvgIpc) is 2.50. The number of aromatic nitrogens is 2. The molecule has 0 aliphatic rings. The Morgan fingerprint density at radius 1 is 1.05 bits per heavy atom. The van der Waals surface area contributed by atoms with Crippen LogP contribution in [0.15, 0.2) is 12.3 Å². The molecule has 7 nitrogen and oxygen atoms in total. The number of benzene rings is 1. The molecule has 0 aliphatic carbocycles. The highest BCUT2D eigenvalue weighted by atomic mass is 127. The molecule has 8 heteroatoms. The summed E-state index contributed by atoms with van der Waals surface area (Å²) in [6.45, 7) is 0. The highest BCUT2D eigenvalue weighted by molar-refractivity contribution is 14.1. The first-order chi connectivity index (χ1) is 10.5. The molecule has 0 atom stereocenters. The lowest BCUT2D eigenvalue weighted by atomic mass is 10.1. The van der Waals surface area contributed by atoms with Gasteiger partial charge in [-0.3, -0.25) is 0 Å². The van der Waals surface area contributed by atoms with E-state index >= 15 is 0 Å². The van der Waals surface area contributed by atoms with Crippen LogP contribution in [0.4, 0.5) is 11.8 Å². The number of halogens is 1. The SMILES string of the molecule is COc1cc(Cc2cnc(N)nc2N)c(I)c(OC)c1OC. The lowest BCUT2D eigenvalue weighted by Gasteiger charge is -2.17. The van der Waals surface area contributed by atoms with Crippen LogP contribution in [0.2, 0.25) is 0 Å². The summed E-state index contributed by atoms with van der Waals surface area (Å²) in [4.78, 5) is 7.95. The summed E-state index contributed by atoms with van der Waals surface area (Å²) in [6.07, 6.45) is 2.15. The first-order valence-electron chi connectivity index (χ1n) is 6.36. The van der Waals surface area contributed by atoms with Gasteiger partial charge in [0.1, 0.15) is 5.82 Å². The Labute approximate surface area is 142 Å². The van der Waals surface area contributed by atoms with Gasteiger partial charge in [-0.25, -0.2) is 4.98 Å². The molecule has 2 aromatic rings. The monoisotopic (exact) mass is 416 g/mol. The maximum Gasteiger partial charge on any atom is 0.221 e. The van der Waals surface area contributed by atoms with Crippen molar-refractivity contribution in [2.24, 2.45) is 0 Å². The van der Waals surface area contributed by atoms with Crippen molar-refractivity contribution in [1.29, 1.82) is 0 Å². The third-order valence-electron chi connectivity index (χ3n) is 3.14. The predicted molar refractivity (Wildman–Crippen MR) is 92.5 cm³/mol. The molecular weight excluding hydrogens is 399 g/mol. The van der Waals surface area contributed by atoms with Crippen molar-refractivity contribution in [2.75, 3.05) is 32.8 Å². The maximum atomic E-state index is 5.90. The second-order valence-electron chi connectivity index (χ2n) is 4.43. The van der Waals surface area contributed by atoms with Crippen LogP contribution in [-0.2, 0) is 6.42 Å². The molecule has 0 fully saturated rings. The summed E-state index contributed by atoms with van der Waals surface area (Å²) in [5, 5.41) is 0. The van der Waals surface area contributed by atoms with E-state index in [1.165, 1.54) is 0 Å². The topological polar surface area (TPSA) is 106 Å². The molecule has 1 aromatic carbocycles. The average molecular weight is 416 g/mol. The zero-order valence-electron chi connectivity index (χ0n) is 12.5. The number of hydrogen-bond donors (Lipinski definition) is 2. The lowest BCUT2D eigenvalue weighted by molar-refractivity contribution is 0.322. The Balaban J connectivity index is 2.51. The summed E-state index contributed by atoms with van der Waals surface area (Å²) in [5.74, 6) is 2.27. The second-order valence-corrected chi connectivity index (χ2v) is 5.51. The minimum Gasteiger partial charge on any atom is -0.493 e. The number of nitrogens with zero attached hydrogens (tertiary/aromatic N) is 2. The van der Waals surface area contributed by atoms with E-state index in [1.54, 1.807) is 27.5 Å². The molecule has 1 aromatic heterocycles. The minimum atomic E-state index is 0.154. The van der Waals surface area contributed by atoms with Gasteiger partial charge in [0, 0.05) is 18.2 Å². The van der Waals surface area contributed by atoms with Gasteiger partial charge >= 0.3 is 0 Å². The van der Waals surface area contributed by atoms with Crippen LogP contribution in [0, 0.1) is 3.57 Å². The molecule has 2 rings (SSSR count). The molecule has 0 aliphatic heterocycles. The number of anilines is 2. The molecule has 0 radical (unpaired) electrons. The highest BCUT2D eigenvalue weighted by Crippen LogP contribution is 2.43. The van der Waals surface area contributed by atoms with E-state index in [1.807, 2.05) is 6.07 Å². The predicted octanol–water partition coefficient (Wildman–Crippen LogP) is 1.86. The molecule has 0 spiro atoms. The molecule has 0 amide bonds. The van der Waals surface area contributed by atoms with Gasteiger partial charge in [-0.15, -0.1) is 0 Å². The van der Waals surface area contributed by atoms with Gasteiger partial charge in [-0.05, 0) is 34.2 Å². The van der Waals surface area contributed by atoms with E-state index in [-0.39, 0.29) is 5.95 Å². The number of methoxy groups -OCH3 is 3. The first kappa shape index (κ1) is 16.4. The van der Waals surface area contributed by atoms with Gasteiger partial charge < -0.3 is 25.7 Å². The van der Waals surface area contributed by atoms with Crippen LogP contribution in [0.1, 0.15) is 11.1 Å². The lowest BCUT2D eigenvalue weighted by Crippen LogP contribution is -2.06. The Kier molecular flexibility index (Phi) is 5.11. The summed E-state index contributed by atoms with van der Waals surface area (Å²) < 4.78 is 17.1. The van der Waals surface area contributed by atoms with E-state index in [4.69, 9.17) is 25.7 Å². The van der Waals surface area contributed by atoms with Crippen molar-refractivity contribution >= 4 is 34.4 Å². The maximum absolute atomic E-state index is 5.90. The zero-order chi connectivity index (χ0) is 16.3. The van der Waals surface area contributed by atoms with Crippen molar-refractivity contribution in [3.8, 4) is 17.2 Å². The van der Waals surface area contributed by atoms with Crippen LogP contribution in [0.5, 0.6) is 17.2 Å². The smallest absolute Gasteiger partial charge is 0.221 e. The molecule has 118 valence electrons. The summed E-state index contributed by atoms with van der Waals surface area (Å²) in [5.41, 5.74) is 13.2. The normalized spacial score (nSPS) is 10.4. The van der Waals surface area contributed by atoms with Crippen molar-refractivity contribution in [1.82, 2.24) is 9.97 Å². The standard InChI is InChI=1S/C14H17IN4O3/c1-20-9-5-7(10(15)12(22-3)11(9)21-2)4-8-6-18-14(17)19-13(8)16/h5-6H,4H2,1-3H3,(H4,16,17,18,19). The fourth-order valence-corrected chi connectivity index (χ4v) is 2.89. The fourth-order valence-electron chi connectivity index (χ4n) is 2.08. The van der Waals surface area contributed by atoms with Crippen LogP contribution >= 0.6 is 22.6 Å². The van der Waals surface area contributed by atoms with E-state index < -0.39 is 0 Å².